The molecule has 1 aliphatic rings. The number of rotatable bonds is 4. The summed E-state index contributed by atoms with van der Waals surface area (Å²) < 4.78 is 0.815. The predicted octanol–water partition coefficient (Wildman–Crippen LogP) is 4.33. The Morgan fingerprint density at radius 3 is 2.59 bits per heavy atom. The number of thiazole rings is 1. The van der Waals surface area contributed by atoms with Crippen molar-refractivity contribution in [1.29, 1.82) is 0 Å². The number of amides is 1. The van der Waals surface area contributed by atoms with Gasteiger partial charge in [0.2, 0.25) is 0 Å². The molecular weight excluding hydrogens is 458 g/mol. The first-order chi connectivity index (χ1) is 14.0. The summed E-state index contributed by atoms with van der Waals surface area (Å²) in [5, 5.41) is 22.3. The highest BCUT2D eigenvalue weighted by Gasteiger charge is 2.48. The van der Waals surface area contributed by atoms with Crippen LogP contribution in [0.4, 0.5) is 10.8 Å². The summed E-state index contributed by atoms with van der Waals surface area (Å²) >= 11 is 4.55. The molecule has 1 unspecified atom stereocenters. The molecule has 0 spiro atoms. The number of anilines is 2. The Balaban J connectivity index is 1.94. The Bertz CT molecular complexity index is 1110. The van der Waals surface area contributed by atoms with E-state index in [9.17, 15) is 19.9 Å². The lowest BCUT2D eigenvalue weighted by Gasteiger charge is -2.23. The highest BCUT2D eigenvalue weighted by Crippen LogP contribution is 2.43. The van der Waals surface area contributed by atoms with Crippen LogP contribution in [0.3, 0.4) is 0 Å². The Morgan fingerprint density at radius 2 is 1.93 bits per heavy atom. The molecule has 1 aromatic heterocycles. The second-order valence-corrected chi connectivity index (χ2v) is 8.02. The number of halogens is 1. The minimum absolute atomic E-state index is 0.0392. The van der Waals surface area contributed by atoms with Crippen molar-refractivity contribution in [2.45, 2.75) is 6.04 Å². The van der Waals surface area contributed by atoms with E-state index in [0.717, 1.165) is 4.47 Å². The van der Waals surface area contributed by atoms with E-state index >= 15 is 0 Å². The van der Waals surface area contributed by atoms with E-state index in [4.69, 9.17) is 0 Å². The Labute approximate surface area is 178 Å². The molecule has 1 fully saturated rings. The van der Waals surface area contributed by atoms with Crippen molar-refractivity contribution in [3.63, 3.8) is 0 Å². The van der Waals surface area contributed by atoms with Crippen LogP contribution < -0.4 is 10.4 Å². The molecule has 3 N–H and O–H groups in total. The zero-order valence-electron chi connectivity index (χ0n) is 14.7. The second kappa shape index (κ2) is 7.78. The molecule has 0 saturated carbocycles. The number of nitrogens with zero attached hydrogens (tertiary/aromatic N) is 2. The van der Waals surface area contributed by atoms with Crippen molar-refractivity contribution in [2.24, 2.45) is 0 Å². The predicted molar refractivity (Wildman–Crippen MR) is 113 cm³/mol. The molecule has 0 radical (unpaired) electrons. The van der Waals surface area contributed by atoms with Gasteiger partial charge in [-0.3, -0.25) is 25.2 Å². The Kier molecular flexibility index (Phi) is 5.18. The summed E-state index contributed by atoms with van der Waals surface area (Å²) in [5.74, 6) is -1.85. The quantitative estimate of drug-likeness (QED) is 0.226. The van der Waals surface area contributed by atoms with Gasteiger partial charge in [-0.25, -0.2) is 4.98 Å². The maximum atomic E-state index is 12.9. The van der Waals surface area contributed by atoms with Crippen LogP contribution in [0, 0.1) is 0 Å². The number of hydrogen-bond acceptors (Lipinski definition) is 7. The summed E-state index contributed by atoms with van der Waals surface area (Å²) in [6.07, 6.45) is 1.54. The van der Waals surface area contributed by atoms with Crippen LogP contribution in [0.2, 0.25) is 0 Å². The van der Waals surface area contributed by atoms with Crippen molar-refractivity contribution in [2.75, 3.05) is 10.4 Å². The molecule has 1 atom stereocenters. The lowest BCUT2D eigenvalue weighted by Crippen LogP contribution is -2.29. The zero-order valence-corrected chi connectivity index (χ0v) is 17.1. The molecule has 7 nitrogen and oxygen atoms in total. The third kappa shape index (κ3) is 3.44. The fourth-order valence-corrected chi connectivity index (χ4v) is 4.15. The van der Waals surface area contributed by atoms with Crippen LogP contribution in [-0.4, -0.2) is 27.0 Å². The van der Waals surface area contributed by atoms with E-state index in [1.165, 1.54) is 22.4 Å². The van der Waals surface area contributed by atoms with Crippen LogP contribution in [0.25, 0.3) is 5.76 Å². The molecule has 4 rings (SSSR count). The fraction of sp³-hybridized carbons (Fsp3) is 0.0500. The van der Waals surface area contributed by atoms with Gasteiger partial charge >= 0.3 is 5.91 Å². The van der Waals surface area contributed by atoms with E-state index < -0.39 is 17.7 Å². The van der Waals surface area contributed by atoms with Gasteiger partial charge in [0.1, 0.15) is 5.76 Å². The molecule has 1 saturated heterocycles. The zero-order chi connectivity index (χ0) is 20.5. The van der Waals surface area contributed by atoms with Gasteiger partial charge in [0.25, 0.3) is 5.78 Å². The molecule has 1 aliphatic heterocycles. The van der Waals surface area contributed by atoms with Gasteiger partial charge in [-0.05, 0) is 29.8 Å². The summed E-state index contributed by atoms with van der Waals surface area (Å²) in [5.41, 5.74) is 3.35. The number of aliphatic hydroxyl groups excluding tert-OH is 1. The maximum Gasteiger partial charge on any atom is 0.301 e. The van der Waals surface area contributed by atoms with Gasteiger partial charge in [0.15, 0.2) is 5.13 Å². The van der Waals surface area contributed by atoms with Gasteiger partial charge in [-0.2, -0.15) is 0 Å². The summed E-state index contributed by atoms with van der Waals surface area (Å²) in [4.78, 5) is 31.2. The molecule has 2 aromatic carbocycles. The average molecular weight is 472 g/mol. The average Bonchev–Trinajstić information content (AvgIpc) is 3.35. The van der Waals surface area contributed by atoms with Crippen LogP contribution in [0.5, 0.6) is 0 Å². The highest BCUT2D eigenvalue weighted by atomic mass is 79.9. The smallest absolute Gasteiger partial charge is 0.301 e. The van der Waals surface area contributed by atoms with E-state index in [1.807, 2.05) is 0 Å². The van der Waals surface area contributed by atoms with E-state index in [1.54, 1.807) is 53.9 Å². The number of ketones is 1. The van der Waals surface area contributed by atoms with Gasteiger partial charge in [0.05, 0.1) is 17.3 Å². The number of nitrogens with one attached hydrogen (secondary N) is 1. The number of hydrogen-bond donors (Lipinski definition) is 3. The van der Waals surface area contributed by atoms with Crippen molar-refractivity contribution in [3.8, 4) is 0 Å². The lowest BCUT2D eigenvalue weighted by atomic mass is 9.95. The topological polar surface area (TPSA) is 103 Å². The monoisotopic (exact) mass is 471 g/mol. The summed E-state index contributed by atoms with van der Waals surface area (Å²) in [6, 6.07) is 12.5. The van der Waals surface area contributed by atoms with Crippen molar-refractivity contribution < 1.29 is 19.9 Å². The van der Waals surface area contributed by atoms with Gasteiger partial charge < -0.3 is 5.11 Å². The molecule has 0 bridgehead atoms. The minimum Gasteiger partial charge on any atom is -0.507 e. The third-order valence-corrected chi connectivity index (χ3v) is 5.82. The van der Waals surface area contributed by atoms with E-state index in [2.05, 4.69) is 26.4 Å². The molecule has 3 aromatic rings. The molecule has 1 amide bonds. The number of Topliss-reactive ketones (excluding diaryl/α,β-unsaturated/α-hetero) is 1. The van der Waals surface area contributed by atoms with Gasteiger partial charge in [-0.1, -0.05) is 40.2 Å². The van der Waals surface area contributed by atoms with Crippen LogP contribution >= 0.6 is 27.3 Å². The molecule has 9 heteroatoms. The van der Waals surface area contributed by atoms with Crippen LogP contribution in [0.1, 0.15) is 17.2 Å². The van der Waals surface area contributed by atoms with E-state index in [0.29, 0.717) is 21.9 Å². The first kappa shape index (κ1) is 19.3. The number of aromatic nitrogens is 1. The van der Waals surface area contributed by atoms with Crippen molar-refractivity contribution in [1.82, 2.24) is 4.98 Å². The van der Waals surface area contributed by atoms with Crippen molar-refractivity contribution in [3.05, 3.63) is 81.3 Å². The standard InChI is InChI=1S/C20H14BrN3O4S/c21-13-6-4-11(5-7-13)17(25)15-16(12-2-1-3-14(10-12)23-28)24(19(27)18(15)26)20-22-8-9-29-20/h1-10,16,23,25,28H/b17-15+. The van der Waals surface area contributed by atoms with Crippen LogP contribution in [0.15, 0.2) is 70.2 Å². The number of carbonyl (C=O) groups is 2. The SMILES string of the molecule is O=C1C(=O)N(c2nccs2)C(c2cccc(NO)c2)/C1=C(\O)c1ccc(Br)cc1. The summed E-state index contributed by atoms with van der Waals surface area (Å²) in [7, 11) is 0. The summed E-state index contributed by atoms with van der Waals surface area (Å²) in [6.45, 7) is 0. The molecule has 146 valence electrons. The Hall–Kier alpha value is -3.01. The van der Waals surface area contributed by atoms with Gasteiger partial charge in [-0.15, -0.1) is 11.3 Å². The second-order valence-electron chi connectivity index (χ2n) is 6.23. The number of aliphatic hydroxyl groups is 1. The molecular formula is C20H14BrN3O4S. The van der Waals surface area contributed by atoms with Gasteiger partial charge in [0, 0.05) is 21.6 Å². The molecule has 0 aliphatic carbocycles. The number of carbonyl (C=O) groups excluding carboxylic acids is 2. The molecule has 2 heterocycles. The minimum atomic E-state index is -0.891. The first-order valence-corrected chi connectivity index (χ1v) is 10.1. The van der Waals surface area contributed by atoms with Crippen LogP contribution in [-0.2, 0) is 9.59 Å². The highest BCUT2D eigenvalue weighted by molar-refractivity contribution is 9.10. The lowest BCUT2D eigenvalue weighted by molar-refractivity contribution is -0.132. The largest absolute Gasteiger partial charge is 0.507 e. The Morgan fingerprint density at radius 1 is 1.17 bits per heavy atom. The van der Waals surface area contributed by atoms with E-state index in [-0.39, 0.29) is 11.3 Å². The first-order valence-electron chi connectivity index (χ1n) is 8.47. The van der Waals surface area contributed by atoms with Crippen molar-refractivity contribution >= 4 is 55.5 Å². The maximum absolute atomic E-state index is 12.9. The number of benzene rings is 2. The molecule has 29 heavy (non-hydrogen) atoms. The fourth-order valence-electron chi connectivity index (χ4n) is 3.22. The normalized spacial score (nSPS) is 18.3. The third-order valence-electron chi connectivity index (χ3n) is 4.52.